The lowest BCUT2D eigenvalue weighted by Gasteiger charge is -2.31. The molecule has 0 bridgehead atoms. The third kappa shape index (κ3) is 2.91. The summed E-state index contributed by atoms with van der Waals surface area (Å²) in [5.41, 5.74) is 6.46. The van der Waals surface area contributed by atoms with Gasteiger partial charge in [0.1, 0.15) is 5.75 Å². The molecule has 0 atom stereocenters. The van der Waals surface area contributed by atoms with Crippen molar-refractivity contribution in [1.82, 2.24) is 0 Å². The fourth-order valence-corrected chi connectivity index (χ4v) is 3.70. The average Bonchev–Trinajstić information content (AvgIpc) is 2.59. The van der Waals surface area contributed by atoms with Crippen LogP contribution in [0.3, 0.4) is 0 Å². The van der Waals surface area contributed by atoms with Gasteiger partial charge in [0.05, 0.1) is 13.7 Å². The van der Waals surface area contributed by atoms with Gasteiger partial charge in [0.15, 0.2) is 5.78 Å². The van der Waals surface area contributed by atoms with E-state index in [1.54, 1.807) is 7.11 Å². The van der Waals surface area contributed by atoms with E-state index in [0.29, 0.717) is 6.54 Å². The Balaban J connectivity index is 1.89. The number of carbonyl (C=O) groups excluding carboxylic acids is 1. The number of ether oxygens (including phenoxy) is 1. The van der Waals surface area contributed by atoms with E-state index in [0.717, 1.165) is 47.4 Å². The first kappa shape index (κ1) is 16.6. The van der Waals surface area contributed by atoms with Gasteiger partial charge in [-0.05, 0) is 68.0 Å². The number of hydrogen-bond donors (Lipinski definition) is 0. The fraction of sp³-hybridized carbons (Fsp3) is 0.381. The Morgan fingerprint density at radius 1 is 1.17 bits per heavy atom. The minimum Gasteiger partial charge on any atom is -0.496 e. The van der Waals surface area contributed by atoms with Gasteiger partial charge < -0.3 is 9.64 Å². The number of hydrogen-bond acceptors (Lipinski definition) is 3. The highest BCUT2D eigenvalue weighted by Crippen LogP contribution is 2.30. The predicted molar refractivity (Wildman–Crippen MR) is 98.5 cm³/mol. The number of nitrogens with zero attached hydrogens (tertiary/aromatic N) is 1. The van der Waals surface area contributed by atoms with E-state index >= 15 is 0 Å². The second kappa shape index (κ2) is 6.68. The highest BCUT2D eigenvalue weighted by molar-refractivity contribution is 6.01. The molecule has 2 aromatic carbocycles. The van der Waals surface area contributed by atoms with Crippen LogP contribution in [-0.2, 0) is 6.42 Å². The van der Waals surface area contributed by atoms with Crippen LogP contribution in [0.2, 0.25) is 0 Å². The lowest BCUT2D eigenvalue weighted by Crippen LogP contribution is -2.34. The number of para-hydroxylation sites is 1. The Kier molecular flexibility index (Phi) is 4.61. The molecule has 0 radical (unpaired) electrons. The molecule has 0 saturated carbocycles. The zero-order chi connectivity index (χ0) is 17.3. The molecular weight excluding hydrogens is 298 g/mol. The molecule has 3 nitrogen and oxygen atoms in total. The lowest BCUT2D eigenvalue weighted by molar-refractivity contribution is 0.0998. The van der Waals surface area contributed by atoms with Crippen LogP contribution in [0, 0.1) is 20.8 Å². The lowest BCUT2D eigenvalue weighted by atomic mass is 9.95. The summed E-state index contributed by atoms with van der Waals surface area (Å²) in [7, 11) is 1.68. The van der Waals surface area contributed by atoms with Gasteiger partial charge in [-0.25, -0.2) is 0 Å². The third-order valence-electron chi connectivity index (χ3n) is 5.07. The zero-order valence-corrected chi connectivity index (χ0v) is 15.0. The molecule has 0 N–H and O–H groups in total. The predicted octanol–water partition coefficient (Wildman–Crippen LogP) is 4.26. The van der Waals surface area contributed by atoms with E-state index in [1.165, 1.54) is 11.3 Å². The normalized spacial score (nSPS) is 13.6. The molecule has 2 aromatic rings. The number of methoxy groups -OCH3 is 1. The second-order valence-electron chi connectivity index (χ2n) is 6.60. The highest BCUT2D eigenvalue weighted by atomic mass is 16.5. The minimum atomic E-state index is 0.179. The number of Topliss-reactive ketones (excluding diaryl/α,β-unsaturated/α-hetero) is 1. The van der Waals surface area contributed by atoms with Gasteiger partial charge in [0, 0.05) is 17.8 Å². The molecule has 1 aliphatic heterocycles. The fourth-order valence-electron chi connectivity index (χ4n) is 3.70. The summed E-state index contributed by atoms with van der Waals surface area (Å²) < 4.78 is 5.47. The van der Waals surface area contributed by atoms with Crippen molar-refractivity contribution in [1.29, 1.82) is 0 Å². The molecule has 0 saturated heterocycles. The first-order chi connectivity index (χ1) is 11.5. The molecule has 0 aromatic heterocycles. The molecular formula is C21H25NO2. The van der Waals surface area contributed by atoms with Gasteiger partial charge >= 0.3 is 0 Å². The maximum Gasteiger partial charge on any atom is 0.182 e. The molecule has 3 rings (SSSR count). The maximum absolute atomic E-state index is 13.0. The minimum absolute atomic E-state index is 0.179. The molecule has 0 amide bonds. The summed E-state index contributed by atoms with van der Waals surface area (Å²) in [5, 5.41) is 0. The van der Waals surface area contributed by atoms with Gasteiger partial charge in [-0.1, -0.05) is 18.2 Å². The van der Waals surface area contributed by atoms with Crippen molar-refractivity contribution in [2.24, 2.45) is 0 Å². The Morgan fingerprint density at radius 2 is 1.92 bits per heavy atom. The number of benzene rings is 2. The number of fused-ring (bicyclic) bond motifs is 1. The van der Waals surface area contributed by atoms with Gasteiger partial charge in [0.2, 0.25) is 0 Å². The van der Waals surface area contributed by atoms with E-state index in [2.05, 4.69) is 29.2 Å². The van der Waals surface area contributed by atoms with E-state index in [9.17, 15) is 4.79 Å². The van der Waals surface area contributed by atoms with Gasteiger partial charge in [-0.15, -0.1) is 0 Å². The molecule has 0 fully saturated rings. The summed E-state index contributed by atoms with van der Waals surface area (Å²) in [6, 6.07) is 10.4. The molecule has 0 unspecified atom stereocenters. The summed E-state index contributed by atoms with van der Waals surface area (Å²) in [6.45, 7) is 7.40. The van der Waals surface area contributed by atoms with Crippen LogP contribution in [0.1, 0.15) is 39.0 Å². The summed E-state index contributed by atoms with van der Waals surface area (Å²) in [4.78, 5) is 15.2. The quantitative estimate of drug-likeness (QED) is 0.788. The van der Waals surface area contributed by atoms with Crippen molar-refractivity contribution in [2.45, 2.75) is 33.6 Å². The largest absolute Gasteiger partial charge is 0.496 e. The van der Waals surface area contributed by atoms with Crippen LogP contribution in [0.25, 0.3) is 0 Å². The van der Waals surface area contributed by atoms with Crippen LogP contribution < -0.4 is 9.64 Å². The maximum atomic E-state index is 13.0. The van der Waals surface area contributed by atoms with Crippen molar-refractivity contribution in [3.05, 3.63) is 58.1 Å². The first-order valence-corrected chi connectivity index (χ1v) is 8.53. The Bertz CT molecular complexity index is 780. The van der Waals surface area contributed by atoms with Crippen LogP contribution in [0.4, 0.5) is 5.69 Å². The van der Waals surface area contributed by atoms with Crippen LogP contribution in [0.5, 0.6) is 5.75 Å². The first-order valence-electron chi connectivity index (χ1n) is 8.53. The number of rotatable bonds is 4. The van der Waals surface area contributed by atoms with E-state index < -0.39 is 0 Å². The van der Waals surface area contributed by atoms with E-state index in [4.69, 9.17) is 4.74 Å². The number of aryl methyl sites for hydroxylation is 2. The molecule has 0 spiro atoms. The third-order valence-corrected chi connectivity index (χ3v) is 5.07. The number of ketones is 1. The molecule has 3 heteroatoms. The monoisotopic (exact) mass is 323 g/mol. The standard InChI is InChI=1S/C21H25NO2/c1-14-12-18(15(2)16(3)21(14)24-4)20(23)13-22-11-7-9-17-8-5-6-10-19(17)22/h5-6,8,10,12H,7,9,11,13H2,1-4H3. The van der Waals surface area contributed by atoms with Crippen molar-refractivity contribution in [3.63, 3.8) is 0 Å². The summed E-state index contributed by atoms with van der Waals surface area (Å²) >= 11 is 0. The summed E-state index contributed by atoms with van der Waals surface area (Å²) in [5.74, 6) is 1.06. The van der Waals surface area contributed by atoms with E-state index in [1.807, 2.05) is 26.8 Å². The Labute approximate surface area is 144 Å². The Hall–Kier alpha value is -2.29. The van der Waals surface area contributed by atoms with Crippen molar-refractivity contribution < 1.29 is 9.53 Å². The van der Waals surface area contributed by atoms with Crippen LogP contribution in [0.15, 0.2) is 30.3 Å². The molecule has 126 valence electrons. The smallest absolute Gasteiger partial charge is 0.182 e. The number of anilines is 1. The van der Waals surface area contributed by atoms with E-state index in [-0.39, 0.29) is 5.78 Å². The Morgan fingerprint density at radius 3 is 2.67 bits per heavy atom. The van der Waals surface area contributed by atoms with Crippen LogP contribution >= 0.6 is 0 Å². The second-order valence-corrected chi connectivity index (χ2v) is 6.60. The molecule has 1 heterocycles. The van der Waals surface area contributed by atoms with Gasteiger partial charge in [-0.3, -0.25) is 4.79 Å². The molecule has 0 aliphatic carbocycles. The topological polar surface area (TPSA) is 29.5 Å². The van der Waals surface area contributed by atoms with Crippen molar-refractivity contribution >= 4 is 11.5 Å². The molecule has 24 heavy (non-hydrogen) atoms. The zero-order valence-electron chi connectivity index (χ0n) is 15.0. The van der Waals surface area contributed by atoms with Crippen molar-refractivity contribution in [3.8, 4) is 5.75 Å². The van der Waals surface area contributed by atoms with Gasteiger partial charge in [0.25, 0.3) is 0 Å². The summed E-state index contributed by atoms with van der Waals surface area (Å²) in [6.07, 6.45) is 2.20. The van der Waals surface area contributed by atoms with Gasteiger partial charge in [-0.2, -0.15) is 0 Å². The highest BCUT2D eigenvalue weighted by Gasteiger charge is 2.22. The molecule has 1 aliphatic rings. The number of carbonyl (C=O) groups is 1. The van der Waals surface area contributed by atoms with Crippen molar-refractivity contribution in [2.75, 3.05) is 25.1 Å². The average molecular weight is 323 g/mol. The van der Waals surface area contributed by atoms with Crippen LogP contribution in [-0.4, -0.2) is 26.0 Å². The SMILES string of the molecule is COc1c(C)cc(C(=O)CN2CCCc3ccccc32)c(C)c1C.